The van der Waals surface area contributed by atoms with Gasteiger partial charge in [-0.05, 0) is 62.1 Å². The predicted octanol–water partition coefficient (Wildman–Crippen LogP) is 6.58. The van der Waals surface area contributed by atoms with Gasteiger partial charge in [-0.2, -0.15) is 0 Å². The van der Waals surface area contributed by atoms with E-state index in [1.54, 1.807) is 37.3 Å². The first-order chi connectivity index (χ1) is 19.2. The Labute approximate surface area is 240 Å². The predicted molar refractivity (Wildman–Crippen MR) is 140 cm³/mol. The summed E-state index contributed by atoms with van der Waals surface area (Å²) in [5.41, 5.74) is 1.89. The third-order valence-electron chi connectivity index (χ3n) is 5.65. The summed E-state index contributed by atoms with van der Waals surface area (Å²) in [4.78, 5) is 36.6. The van der Waals surface area contributed by atoms with E-state index in [0.29, 0.717) is 27.6 Å². The van der Waals surface area contributed by atoms with Crippen LogP contribution < -0.4 is 0 Å². The van der Waals surface area contributed by atoms with E-state index < -0.39 is 49.2 Å². The highest BCUT2D eigenvalue weighted by atomic mass is 35.5. The minimum Gasteiger partial charge on any atom is -0.435 e. The molecule has 1 unspecified atom stereocenters. The van der Waals surface area contributed by atoms with Gasteiger partial charge in [0.25, 0.3) is 0 Å². The maximum atomic E-state index is 15.7. The van der Waals surface area contributed by atoms with E-state index in [1.165, 1.54) is 13.8 Å². The number of carbonyl (C=O) groups is 3. The molecule has 0 aliphatic carbocycles. The normalized spacial score (nSPS) is 22.1. The summed E-state index contributed by atoms with van der Waals surface area (Å²) in [6.45, 7) is 4.45. The van der Waals surface area contributed by atoms with Crippen molar-refractivity contribution < 1.29 is 51.9 Å². The van der Waals surface area contributed by atoms with E-state index >= 15 is 4.39 Å². The maximum absolute atomic E-state index is 15.7. The van der Waals surface area contributed by atoms with Gasteiger partial charge in [0.1, 0.15) is 6.10 Å². The molecule has 5 atom stereocenters. The molecule has 1 heterocycles. The van der Waals surface area contributed by atoms with E-state index in [1.807, 2.05) is 12.1 Å². The van der Waals surface area contributed by atoms with Crippen molar-refractivity contribution in [2.24, 2.45) is 0 Å². The van der Waals surface area contributed by atoms with Crippen LogP contribution in [0.25, 0.3) is 0 Å². The van der Waals surface area contributed by atoms with Crippen molar-refractivity contribution in [1.82, 2.24) is 0 Å². The Morgan fingerprint density at radius 2 is 1.35 bits per heavy atom. The maximum Gasteiger partial charge on any atom is 0.510 e. The Morgan fingerprint density at radius 1 is 0.800 bits per heavy atom. The molecular formula is C27H29Cl2FO10. The van der Waals surface area contributed by atoms with Crippen molar-refractivity contribution in [1.29, 1.82) is 0 Å². The highest BCUT2D eigenvalue weighted by Crippen LogP contribution is 2.39. The molecule has 10 nitrogen and oxygen atoms in total. The van der Waals surface area contributed by atoms with E-state index in [9.17, 15) is 14.4 Å². The Balaban J connectivity index is 2.03. The molecule has 13 heteroatoms. The zero-order valence-electron chi connectivity index (χ0n) is 22.0. The molecule has 0 bridgehead atoms. The number of carbonyl (C=O) groups excluding carboxylic acids is 3. The van der Waals surface area contributed by atoms with Gasteiger partial charge in [-0.15, -0.1) is 0 Å². The number of hydrogen-bond acceptors (Lipinski definition) is 10. The molecule has 0 spiro atoms. The van der Waals surface area contributed by atoms with E-state index in [4.69, 9.17) is 56.4 Å². The zero-order chi connectivity index (χ0) is 29.2. The van der Waals surface area contributed by atoms with Crippen molar-refractivity contribution in [3.8, 4) is 0 Å². The van der Waals surface area contributed by atoms with Crippen molar-refractivity contribution in [3.63, 3.8) is 0 Å². The zero-order valence-corrected chi connectivity index (χ0v) is 23.5. The summed E-state index contributed by atoms with van der Waals surface area (Å²) < 4.78 is 51.5. The summed E-state index contributed by atoms with van der Waals surface area (Å²) in [6.07, 6.45) is -12.1. The number of alkyl halides is 1. The van der Waals surface area contributed by atoms with Crippen LogP contribution in [-0.2, 0) is 39.6 Å². The lowest BCUT2D eigenvalue weighted by Gasteiger charge is -2.41. The van der Waals surface area contributed by atoms with E-state index in [0.717, 1.165) is 5.56 Å². The molecule has 218 valence electrons. The second-order valence-corrected chi connectivity index (χ2v) is 9.20. The minimum absolute atomic E-state index is 0.0414. The summed E-state index contributed by atoms with van der Waals surface area (Å²) in [6, 6.07) is 11.9. The first kappa shape index (κ1) is 31.3. The van der Waals surface area contributed by atoms with E-state index in [2.05, 4.69) is 0 Å². The minimum atomic E-state index is -2.30. The van der Waals surface area contributed by atoms with Crippen LogP contribution in [0.15, 0.2) is 42.5 Å². The van der Waals surface area contributed by atoms with Crippen LogP contribution in [0.5, 0.6) is 0 Å². The average Bonchev–Trinajstić information content (AvgIpc) is 2.91. The first-order valence-corrected chi connectivity index (χ1v) is 13.2. The van der Waals surface area contributed by atoms with Crippen LogP contribution >= 0.6 is 23.2 Å². The molecule has 0 radical (unpaired) electrons. The van der Waals surface area contributed by atoms with Gasteiger partial charge in [-0.25, -0.2) is 18.8 Å². The lowest BCUT2D eigenvalue weighted by Crippen LogP contribution is -2.56. The Hall–Kier alpha value is -3.28. The topological polar surface area (TPSA) is 116 Å². The summed E-state index contributed by atoms with van der Waals surface area (Å²) >= 11 is 12.5. The average molecular weight is 603 g/mol. The fourth-order valence-electron chi connectivity index (χ4n) is 3.93. The van der Waals surface area contributed by atoms with Gasteiger partial charge in [0.2, 0.25) is 12.5 Å². The lowest BCUT2D eigenvalue weighted by atomic mass is 9.92. The van der Waals surface area contributed by atoms with Crippen LogP contribution in [0.4, 0.5) is 18.8 Å². The Morgan fingerprint density at radius 3 is 1.93 bits per heavy atom. The first-order valence-electron chi connectivity index (χ1n) is 12.5. The van der Waals surface area contributed by atoms with Crippen molar-refractivity contribution in [3.05, 3.63) is 69.2 Å². The highest BCUT2D eigenvalue weighted by molar-refractivity contribution is 6.31. The van der Waals surface area contributed by atoms with Crippen LogP contribution in [0.3, 0.4) is 0 Å². The van der Waals surface area contributed by atoms with Gasteiger partial charge in [0.05, 0.1) is 19.8 Å². The number of hydrogen-bond donors (Lipinski definition) is 0. The third kappa shape index (κ3) is 8.36. The molecule has 1 aliphatic heterocycles. The number of benzene rings is 2. The molecular weight excluding hydrogens is 574 g/mol. The van der Waals surface area contributed by atoms with E-state index in [-0.39, 0.29) is 19.8 Å². The van der Waals surface area contributed by atoms with Crippen LogP contribution in [0, 0.1) is 0 Å². The van der Waals surface area contributed by atoms with Crippen LogP contribution in [0.2, 0.25) is 10.0 Å². The summed E-state index contributed by atoms with van der Waals surface area (Å²) in [5, 5.41) is 0.985. The summed E-state index contributed by atoms with van der Waals surface area (Å²) in [5.74, 6) is 0. The van der Waals surface area contributed by atoms with Crippen molar-refractivity contribution in [2.45, 2.75) is 58.0 Å². The van der Waals surface area contributed by atoms with Crippen LogP contribution in [-0.4, -0.2) is 63.0 Å². The van der Waals surface area contributed by atoms with Gasteiger partial charge >= 0.3 is 18.5 Å². The molecule has 1 fully saturated rings. The molecule has 0 N–H and O–H groups in total. The number of halogens is 3. The number of ether oxygens (including phenoxy) is 7. The summed E-state index contributed by atoms with van der Waals surface area (Å²) in [7, 11) is 0. The van der Waals surface area contributed by atoms with Crippen molar-refractivity contribution in [2.75, 3.05) is 19.8 Å². The molecule has 3 rings (SSSR count). The molecule has 1 aliphatic rings. The van der Waals surface area contributed by atoms with Gasteiger partial charge in [-0.3, -0.25) is 0 Å². The smallest absolute Gasteiger partial charge is 0.435 e. The molecule has 0 saturated carbocycles. The second kappa shape index (κ2) is 14.9. The molecule has 0 amide bonds. The molecule has 1 saturated heterocycles. The molecule has 40 heavy (non-hydrogen) atoms. The molecule has 2 aromatic carbocycles. The third-order valence-corrected chi connectivity index (χ3v) is 6.27. The van der Waals surface area contributed by atoms with Gasteiger partial charge < -0.3 is 33.2 Å². The molecule has 2 aromatic rings. The number of rotatable bonds is 9. The fourth-order valence-corrected chi connectivity index (χ4v) is 4.24. The quantitative estimate of drug-likeness (QED) is 0.230. The van der Waals surface area contributed by atoms with Gasteiger partial charge in [0, 0.05) is 10.0 Å². The van der Waals surface area contributed by atoms with Gasteiger partial charge in [-0.1, -0.05) is 47.5 Å². The SMILES string of the molecule is CCOC(=O)O[C@H]1O[C@@H](c2ccc(Cl)c(Cc3ccc(Cl)cc3)c2)[C@H](OC(=O)OCC)[C@@H](OC(=O)OCC)C1F. The lowest BCUT2D eigenvalue weighted by molar-refractivity contribution is -0.274. The van der Waals surface area contributed by atoms with Gasteiger partial charge in [0.15, 0.2) is 12.2 Å². The Kier molecular flexibility index (Phi) is 11.7. The molecule has 0 aromatic heterocycles. The largest absolute Gasteiger partial charge is 0.510 e. The second-order valence-electron chi connectivity index (χ2n) is 8.36. The standard InChI is InChI=1S/C27H29Cl2FO10/c1-4-34-25(31)38-22-20(30)24(40-27(33)36-6-3)37-21(23(22)39-26(32)35-5-2)16-9-12-19(29)17(14-16)13-15-7-10-18(28)11-8-15/h7-12,14,20-24H,4-6,13H2,1-3H3/t20?,21-,22-,23-,24+/m0/s1. The van der Waals surface area contributed by atoms with Crippen LogP contribution in [0.1, 0.15) is 43.6 Å². The monoisotopic (exact) mass is 602 g/mol. The highest BCUT2D eigenvalue weighted by Gasteiger charge is 2.53. The Bertz CT molecular complexity index is 1160. The fraction of sp³-hybridized carbons (Fsp3) is 0.444. The van der Waals surface area contributed by atoms with Crippen molar-refractivity contribution >= 4 is 41.7 Å².